The van der Waals surface area contributed by atoms with Gasteiger partial charge in [0, 0.05) is 32.1 Å². The minimum absolute atomic E-state index is 0.0230. The topological polar surface area (TPSA) is 58.4 Å². The highest BCUT2D eigenvalue weighted by atomic mass is 19.1. The first-order chi connectivity index (χ1) is 8.97. The third-order valence-corrected chi connectivity index (χ3v) is 2.69. The molecule has 1 amide bonds. The lowest BCUT2D eigenvalue weighted by Crippen LogP contribution is -2.35. The van der Waals surface area contributed by atoms with Crippen LogP contribution in [0, 0.1) is 5.82 Å². The van der Waals surface area contributed by atoms with Crippen LogP contribution in [-0.2, 0) is 11.3 Å². The lowest BCUT2D eigenvalue weighted by Gasteiger charge is -2.17. The molecule has 106 valence electrons. The summed E-state index contributed by atoms with van der Waals surface area (Å²) < 4.78 is 12.7. The molecule has 0 saturated heterocycles. The van der Waals surface area contributed by atoms with Crippen molar-refractivity contribution in [3.63, 3.8) is 0 Å². The molecule has 0 aliphatic carbocycles. The number of nitrogens with zero attached hydrogens (tertiary/aromatic N) is 1. The molecule has 0 aliphatic rings. The van der Waals surface area contributed by atoms with Gasteiger partial charge in [-0.05, 0) is 31.7 Å². The number of nitrogens with two attached hydrogens (primary N) is 1. The Kier molecular flexibility index (Phi) is 6.45. The fraction of sp³-hybridized carbons (Fsp3) is 0.500. The molecule has 3 N–H and O–H groups in total. The van der Waals surface area contributed by atoms with Crippen molar-refractivity contribution in [2.24, 2.45) is 5.73 Å². The molecule has 0 aliphatic heterocycles. The van der Waals surface area contributed by atoms with Crippen molar-refractivity contribution in [3.05, 3.63) is 35.6 Å². The zero-order valence-electron chi connectivity index (χ0n) is 11.5. The maximum atomic E-state index is 12.7. The molecule has 0 saturated carbocycles. The Morgan fingerprint density at radius 2 is 2.05 bits per heavy atom. The number of nitrogens with one attached hydrogen (secondary N) is 1. The lowest BCUT2D eigenvalue weighted by atomic mass is 10.2. The Bertz CT molecular complexity index is 392. The fourth-order valence-corrected chi connectivity index (χ4v) is 1.73. The van der Waals surface area contributed by atoms with E-state index in [0.717, 1.165) is 18.7 Å². The van der Waals surface area contributed by atoms with Gasteiger partial charge in [0.2, 0.25) is 5.91 Å². The monoisotopic (exact) mass is 267 g/mol. The van der Waals surface area contributed by atoms with Crippen molar-refractivity contribution in [3.8, 4) is 0 Å². The van der Waals surface area contributed by atoms with Gasteiger partial charge in [0.05, 0.1) is 0 Å². The van der Waals surface area contributed by atoms with Crippen molar-refractivity contribution < 1.29 is 9.18 Å². The Labute approximate surface area is 113 Å². The van der Waals surface area contributed by atoms with Crippen molar-refractivity contribution >= 4 is 5.91 Å². The number of hydrogen-bond donors (Lipinski definition) is 2. The molecule has 4 nitrogen and oxygen atoms in total. The number of amides is 1. The SMILES string of the molecule is CC(N)CC(=O)NCCN(C)Cc1ccc(F)cc1. The molecule has 0 radical (unpaired) electrons. The van der Waals surface area contributed by atoms with E-state index in [9.17, 15) is 9.18 Å². The number of carbonyl (C=O) groups is 1. The Morgan fingerprint density at radius 3 is 2.63 bits per heavy atom. The van der Waals surface area contributed by atoms with Crippen LogP contribution >= 0.6 is 0 Å². The molecule has 5 heteroatoms. The molecular weight excluding hydrogens is 245 g/mol. The number of hydrogen-bond acceptors (Lipinski definition) is 3. The third kappa shape index (κ3) is 6.88. The average Bonchev–Trinajstić information content (AvgIpc) is 2.31. The molecule has 1 aromatic carbocycles. The van der Waals surface area contributed by atoms with Crippen LogP contribution in [0.4, 0.5) is 4.39 Å². The van der Waals surface area contributed by atoms with Gasteiger partial charge in [0.25, 0.3) is 0 Å². The van der Waals surface area contributed by atoms with Gasteiger partial charge in [0.1, 0.15) is 5.82 Å². The molecule has 1 rings (SSSR count). The summed E-state index contributed by atoms with van der Waals surface area (Å²) in [5, 5.41) is 2.82. The van der Waals surface area contributed by atoms with Crippen molar-refractivity contribution in [1.29, 1.82) is 0 Å². The number of rotatable bonds is 7. The van der Waals surface area contributed by atoms with E-state index in [1.54, 1.807) is 19.1 Å². The molecule has 0 aromatic heterocycles. The summed E-state index contributed by atoms with van der Waals surface area (Å²) in [5.41, 5.74) is 6.58. The summed E-state index contributed by atoms with van der Waals surface area (Å²) in [7, 11) is 1.96. The van der Waals surface area contributed by atoms with Crippen molar-refractivity contribution in [2.45, 2.75) is 25.9 Å². The first-order valence-electron chi connectivity index (χ1n) is 6.42. The van der Waals surface area contributed by atoms with Gasteiger partial charge in [-0.3, -0.25) is 4.79 Å². The standard InChI is InChI=1S/C14H22FN3O/c1-11(16)9-14(19)17-7-8-18(2)10-12-3-5-13(15)6-4-12/h3-6,11H,7-10,16H2,1-2H3,(H,17,19). The van der Waals surface area contributed by atoms with Gasteiger partial charge in [-0.25, -0.2) is 4.39 Å². The molecule has 0 bridgehead atoms. The Hall–Kier alpha value is -1.46. The molecule has 1 aromatic rings. The summed E-state index contributed by atoms with van der Waals surface area (Å²) in [6.07, 6.45) is 0.349. The van der Waals surface area contributed by atoms with Crippen LogP contribution in [0.15, 0.2) is 24.3 Å². The minimum Gasteiger partial charge on any atom is -0.355 e. The van der Waals surface area contributed by atoms with Gasteiger partial charge >= 0.3 is 0 Å². The first-order valence-corrected chi connectivity index (χ1v) is 6.42. The fourth-order valence-electron chi connectivity index (χ4n) is 1.73. The Balaban J connectivity index is 2.22. The number of benzene rings is 1. The van der Waals surface area contributed by atoms with Crippen LogP contribution in [0.3, 0.4) is 0 Å². The summed E-state index contributed by atoms with van der Waals surface area (Å²) in [4.78, 5) is 13.4. The summed E-state index contributed by atoms with van der Waals surface area (Å²) in [6, 6.07) is 6.32. The molecule has 0 fully saturated rings. The second kappa shape index (κ2) is 7.86. The van der Waals surface area contributed by atoms with E-state index in [1.807, 2.05) is 7.05 Å². The summed E-state index contributed by atoms with van der Waals surface area (Å²) in [5.74, 6) is -0.250. The molecule has 0 spiro atoms. The number of likely N-dealkylation sites (N-methyl/N-ethyl adjacent to an activating group) is 1. The zero-order valence-corrected chi connectivity index (χ0v) is 11.5. The van der Waals surface area contributed by atoms with E-state index in [0.29, 0.717) is 13.0 Å². The van der Waals surface area contributed by atoms with Crippen LogP contribution in [-0.4, -0.2) is 37.0 Å². The zero-order chi connectivity index (χ0) is 14.3. The Morgan fingerprint density at radius 1 is 1.42 bits per heavy atom. The summed E-state index contributed by atoms with van der Waals surface area (Å²) in [6.45, 7) is 3.86. The molecular formula is C14H22FN3O. The highest BCUT2D eigenvalue weighted by molar-refractivity contribution is 5.76. The number of carbonyl (C=O) groups excluding carboxylic acids is 1. The normalized spacial score (nSPS) is 12.5. The molecule has 1 unspecified atom stereocenters. The van der Waals surface area contributed by atoms with E-state index in [1.165, 1.54) is 12.1 Å². The first kappa shape index (κ1) is 15.6. The lowest BCUT2D eigenvalue weighted by molar-refractivity contribution is -0.121. The molecule has 19 heavy (non-hydrogen) atoms. The largest absolute Gasteiger partial charge is 0.355 e. The maximum Gasteiger partial charge on any atom is 0.221 e. The van der Waals surface area contributed by atoms with Crippen LogP contribution in [0.25, 0.3) is 0 Å². The quantitative estimate of drug-likeness (QED) is 0.778. The van der Waals surface area contributed by atoms with Crippen molar-refractivity contribution in [2.75, 3.05) is 20.1 Å². The second-order valence-corrected chi connectivity index (χ2v) is 4.90. The van der Waals surface area contributed by atoms with E-state index in [2.05, 4.69) is 10.2 Å². The second-order valence-electron chi connectivity index (χ2n) is 4.90. The van der Waals surface area contributed by atoms with Crippen LogP contribution < -0.4 is 11.1 Å². The third-order valence-electron chi connectivity index (χ3n) is 2.69. The predicted molar refractivity (Wildman–Crippen MR) is 74.0 cm³/mol. The molecule has 1 atom stereocenters. The maximum absolute atomic E-state index is 12.7. The van der Waals surface area contributed by atoms with Gasteiger partial charge in [0.15, 0.2) is 0 Å². The smallest absolute Gasteiger partial charge is 0.221 e. The number of halogens is 1. The van der Waals surface area contributed by atoms with E-state index >= 15 is 0 Å². The van der Waals surface area contributed by atoms with Crippen LogP contribution in [0.2, 0.25) is 0 Å². The van der Waals surface area contributed by atoms with Crippen LogP contribution in [0.1, 0.15) is 18.9 Å². The molecule has 0 heterocycles. The van der Waals surface area contributed by atoms with E-state index < -0.39 is 0 Å². The van der Waals surface area contributed by atoms with Gasteiger partial charge < -0.3 is 16.0 Å². The highest BCUT2D eigenvalue weighted by Gasteiger charge is 2.05. The van der Waals surface area contributed by atoms with Gasteiger partial charge in [-0.15, -0.1) is 0 Å². The van der Waals surface area contributed by atoms with E-state index in [-0.39, 0.29) is 17.8 Å². The summed E-state index contributed by atoms with van der Waals surface area (Å²) >= 11 is 0. The minimum atomic E-state index is -0.227. The highest BCUT2D eigenvalue weighted by Crippen LogP contribution is 2.04. The van der Waals surface area contributed by atoms with Crippen molar-refractivity contribution in [1.82, 2.24) is 10.2 Å². The van der Waals surface area contributed by atoms with Crippen LogP contribution in [0.5, 0.6) is 0 Å². The average molecular weight is 267 g/mol. The van der Waals surface area contributed by atoms with Gasteiger partial charge in [-0.1, -0.05) is 12.1 Å². The van der Waals surface area contributed by atoms with E-state index in [4.69, 9.17) is 5.73 Å². The van der Waals surface area contributed by atoms with Gasteiger partial charge in [-0.2, -0.15) is 0 Å². The predicted octanol–water partition coefficient (Wildman–Crippen LogP) is 1.11.